The van der Waals surface area contributed by atoms with E-state index in [1.165, 1.54) is 0 Å². The Labute approximate surface area is 83.3 Å². The predicted octanol–water partition coefficient (Wildman–Crippen LogP) is 1.86. The predicted molar refractivity (Wildman–Crippen MR) is 51.7 cm³/mol. The van der Waals surface area contributed by atoms with Gasteiger partial charge in [0.05, 0.1) is 6.20 Å². The number of primary amides is 1. The Morgan fingerprint density at radius 2 is 2.14 bits per heavy atom. The number of nitrogens with two attached hydrogens (primary N) is 1. The van der Waals surface area contributed by atoms with Crippen LogP contribution in [0.15, 0.2) is 16.9 Å². The molecule has 5 heteroatoms. The SMILES string of the molecule is CC(C)(C)OC(N)=O.Cc1ncco1. The molecule has 0 unspecified atom stereocenters. The third-order valence-corrected chi connectivity index (χ3v) is 0.963. The summed E-state index contributed by atoms with van der Waals surface area (Å²) in [7, 11) is 0. The van der Waals surface area contributed by atoms with Gasteiger partial charge in [-0.2, -0.15) is 0 Å². The van der Waals surface area contributed by atoms with E-state index in [1.807, 2.05) is 0 Å². The maximum atomic E-state index is 10.0. The number of hydrogen-bond donors (Lipinski definition) is 1. The van der Waals surface area contributed by atoms with Gasteiger partial charge in [-0.15, -0.1) is 0 Å². The number of hydrogen-bond acceptors (Lipinski definition) is 4. The van der Waals surface area contributed by atoms with Crippen molar-refractivity contribution in [2.75, 3.05) is 0 Å². The Kier molecular flexibility index (Phi) is 4.69. The molecule has 1 rings (SSSR count). The monoisotopic (exact) mass is 200 g/mol. The van der Waals surface area contributed by atoms with Gasteiger partial charge in [0.2, 0.25) is 0 Å². The molecule has 1 heterocycles. The third-order valence-electron chi connectivity index (χ3n) is 0.963. The number of nitrogens with zero attached hydrogens (tertiary/aromatic N) is 1. The Bertz CT molecular complexity index is 262. The number of rotatable bonds is 0. The minimum absolute atomic E-state index is 0.453. The van der Waals surface area contributed by atoms with Gasteiger partial charge in [0.15, 0.2) is 5.89 Å². The standard InChI is InChI=1S/C5H11NO2.C4H5NO/c1-5(2,3)8-4(6)7;1-4-5-2-3-6-4/h1-3H3,(H2,6,7);2-3H,1H3. The lowest BCUT2D eigenvalue weighted by Crippen LogP contribution is -2.27. The molecule has 0 aromatic carbocycles. The third kappa shape index (κ3) is 8.58. The molecular weight excluding hydrogens is 184 g/mol. The average molecular weight is 200 g/mol. The van der Waals surface area contributed by atoms with Crippen molar-refractivity contribution in [3.05, 3.63) is 18.4 Å². The zero-order valence-corrected chi connectivity index (χ0v) is 8.90. The highest BCUT2D eigenvalue weighted by molar-refractivity contribution is 5.65. The van der Waals surface area contributed by atoms with Crippen molar-refractivity contribution in [2.24, 2.45) is 5.73 Å². The molecule has 5 nitrogen and oxygen atoms in total. The number of carbonyl (C=O) groups is 1. The van der Waals surface area contributed by atoms with E-state index in [2.05, 4.69) is 9.72 Å². The fraction of sp³-hybridized carbons (Fsp3) is 0.556. The molecule has 1 aromatic rings. The van der Waals surface area contributed by atoms with Gasteiger partial charge in [0.25, 0.3) is 0 Å². The highest BCUT2D eigenvalue weighted by atomic mass is 16.6. The Morgan fingerprint density at radius 3 is 2.21 bits per heavy atom. The molecule has 0 spiro atoms. The van der Waals surface area contributed by atoms with Gasteiger partial charge in [-0.3, -0.25) is 0 Å². The molecule has 14 heavy (non-hydrogen) atoms. The van der Waals surface area contributed by atoms with Gasteiger partial charge in [0, 0.05) is 6.92 Å². The van der Waals surface area contributed by atoms with Crippen molar-refractivity contribution in [3.63, 3.8) is 0 Å². The van der Waals surface area contributed by atoms with Crippen LogP contribution in [-0.2, 0) is 4.74 Å². The number of aromatic nitrogens is 1. The first-order valence-electron chi connectivity index (χ1n) is 4.16. The van der Waals surface area contributed by atoms with E-state index in [0.29, 0.717) is 0 Å². The van der Waals surface area contributed by atoms with E-state index in [9.17, 15) is 4.79 Å². The van der Waals surface area contributed by atoms with Crippen LogP contribution in [0.3, 0.4) is 0 Å². The van der Waals surface area contributed by atoms with Crippen LogP contribution in [0.5, 0.6) is 0 Å². The van der Waals surface area contributed by atoms with Crippen LogP contribution < -0.4 is 5.73 Å². The smallest absolute Gasteiger partial charge is 0.405 e. The summed E-state index contributed by atoms with van der Waals surface area (Å²) >= 11 is 0. The first-order chi connectivity index (χ1) is 6.31. The van der Waals surface area contributed by atoms with Gasteiger partial charge in [0.1, 0.15) is 11.9 Å². The van der Waals surface area contributed by atoms with E-state index in [1.54, 1.807) is 40.2 Å². The molecule has 0 radical (unpaired) electrons. The van der Waals surface area contributed by atoms with Crippen LogP contribution in [0.4, 0.5) is 4.79 Å². The highest BCUT2D eigenvalue weighted by Crippen LogP contribution is 2.04. The largest absolute Gasteiger partial charge is 0.449 e. The van der Waals surface area contributed by atoms with Crippen molar-refractivity contribution >= 4 is 6.09 Å². The fourth-order valence-electron chi connectivity index (χ4n) is 0.596. The molecule has 0 bridgehead atoms. The maximum absolute atomic E-state index is 10.0. The lowest BCUT2D eigenvalue weighted by Gasteiger charge is -2.16. The lowest BCUT2D eigenvalue weighted by molar-refractivity contribution is 0.0600. The zero-order valence-electron chi connectivity index (χ0n) is 8.90. The van der Waals surface area contributed by atoms with Crippen LogP contribution in [0.25, 0.3) is 0 Å². The summed E-state index contributed by atoms with van der Waals surface area (Å²) in [5.41, 5.74) is 4.26. The molecule has 0 aliphatic rings. The van der Waals surface area contributed by atoms with Gasteiger partial charge in [-0.25, -0.2) is 9.78 Å². The van der Waals surface area contributed by atoms with Gasteiger partial charge >= 0.3 is 6.09 Å². The number of ether oxygens (including phenoxy) is 1. The lowest BCUT2D eigenvalue weighted by atomic mass is 10.2. The Morgan fingerprint density at radius 1 is 1.57 bits per heavy atom. The molecule has 1 amide bonds. The number of aryl methyl sites for hydroxylation is 1. The quantitative estimate of drug-likeness (QED) is 0.693. The summed E-state index contributed by atoms with van der Waals surface area (Å²) in [6, 6.07) is 0. The van der Waals surface area contributed by atoms with E-state index in [-0.39, 0.29) is 0 Å². The van der Waals surface area contributed by atoms with Crippen molar-refractivity contribution < 1.29 is 13.9 Å². The van der Waals surface area contributed by atoms with Crippen LogP contribution in [0, 0.1) is 6.92 Å². The van der Waals surface area contributed by atoms with E-state index >= 15 is 0 Å². The zero-order chi connectivity index (χ0) is 11.2. The molecular formula is C9H16N2O3. The van der Waals surface area contributed by atoms with Crippen LogP contribution in [0.1, 0.15) is 26.7 Å². The van der Waals surface area contributed by atoms with Crippen molar-refractivity contribution in [3.8, 4) is 0 Å². The molecule has 2 N–H and O–H groups in total. The van der Waals surface area contributed by atoms with Crippen LogP contribution >= 0.6 is 0 Å². The first kappa shape index (κ1) is 12.5. The number of oxazole rings is 1. The van der Waals surface area contributed by atoms with E-state index in [4.69, 9.17) is 10.2 Å². The summed E-state index contributed by atoms with van der Waals surface area (Å²) in [4.78, 5) is 13.8. The molecule has 80 valence electrons. The minimum Gasteiger partial charge on any atom is -0.449 e. The van der Waals surface area contributed by atoms with Gasteiger partial charge in [-0.1, -0.05) is 0 Å². The summed E-state index contributed by atoms with van der Waals surface area (Å²) in [6.07, 6.45) is 2.45. The van der Waals surface area contributed by atoms with Crippen LogP contribution in [0.2, 0.25) is 0 Å². The molecule has 0 aliphatic heterocycles. The van der Waals surface area contributed by atoms with E-state index < -0.39 is 11.7 Å². The number of carbonyl (C=O) groups excluding carboxylic acids is 1. The van der Waals surface area contributed by atoms with Gasteiger partial charge < -0.3 is 14.9 Å². The van der Waals surface area contributed by atoms with Crippen molar-refractivity contribution in [1.82, 2.24) is 4.98 Å². The minimum atomic E-state index is -0.725. The second kappa shape index (κ2) is 5.26. The summed E-state index contributed by atoms with van der Waals surface area (Å²) in [5.74, 6) is 0.718. The molecule has 0 saturated carbocycles. The van der Waals surface area contributed by atoms with E-state index in [0.717, 1.165) is 5.89 Å². The van der Waals surface area contributed by atoms with Crippen molar-refractivity contribution in [1.29, 1.82) is 0 Å². The Hall–Kier alpha value is -1.52. The summed E-state index contributed by atoms with van der Waals surface area (Å²) < 4.78 is 9.30. The van der Waals surface area contributed by atoms with Crippen molar-refractivity contribution in [2.45, 2.75) is 33.3 Å². The molecule has 0 atom stereocenters. The second-order valence-corrected chi connectivity index (χ2v) is 3.58. The van der Waals surface area contributed by atoms with Crippen LogP contribution in [-0.4, -0.2) is 16.7 Å². The molecule has 0 fully saturated rings. The first-order valence-corrected chi connectivity index (χ1v) is 4.16. The van der Waals surface area contributed by atoms with Gasteiger partial charge in [-0.05, 0) is 20.8 Å². The molecule has 0 saturated heterocycles. The average Bonchev–Trinajstić information content (AvgIpc) is 2.34. The Balaban J connectivity index is 0.000000249. The highest BCUT2D eigenvalue weighted by Gasteiger charge is 2.12. The second-order valence-electron chi connectivity index (χ2n) is 3.58. The maximum Gasteiger partial charge on any atom is 0.405 e. The summed E-state index contributed by atoms with van der Waals surface area (Å²) in [5, 5.41) is 0. The summed E-state index contributed by atoms with van der Waals surface area (Å²) in [6.45, 7) is 7.09. The molecule has 0 aliphatic carbocycles. The normalized spacial score (nSPS) is 10.0. The topological polar surface area (TPSA) is 78.4 Å². The molecule has 1 aromatic heterocycles. The fourth-order valence-corrected chi connectivity index (χ4v) is 0.596. The number of amides is 1.